The molecule has 152 valence electrons. The van der Waals surface area contributed by atoms with E-state index in [1.165, 1.54) is 0 Å². The minimum absolute atomic E-state index is 0.0714. The second-order valence-corrected chi connectivity index (χ2v) is 9.18. The Morgan fingerprint density at radius 2 is 1.83 bits per heavy atom. The van der Waals surface area contributed by atoms with E-state index in [1.807, 2.05) is 35.2 Å². The van der Waals surface area contributed by atoms with Crippen LogP contribution in [0.2, 0.25) is 0 Å². The van der Waals surface area contributed by atoms with Gasteiger partial charge < -0.3 is 5.32 Å². The highest BCUT2D eigenvalue weighted by Gasteiger charge is 2.27. The van der Waals surface area contributed by atoms with Gasteiger partial charge in [-0.3, -0.25) is 9.69 Å². The summed E-state index contributed by atoms with van der Waals surface area (Å²) in [5.41, 5.74) is 1.75. The molecule has 1 amide bonds. The summed E-state index contributed by atoms with van der Waals surface area (Å²) in [7, 11) is -3.68. The van der Waals surface area contributed by atoms with Crippen molar-refractivity contribution in [3.05, 3.63) is 48.5 Å². The normalized spacial score (nSPS) is 16.1. The number of sulfonamides is 1. The molecule has 8 nitrogen and oxygen atoms in total. The van der Waals surface area contributed by atoms with Crippen molar-refractivity contribution in [2.45, 2.75) is 23.8 Å². The van der Waals surface area contributed by atoms with Crippen LogP contribution in [0.5, 0.6) is 0 Å². The average molecular weight is 432 g/mol. The monoisotopic (exact) mass is 431 g/mol. The first-order valence-corrected chi connectivity index (χ1v) is 11.5. The van der Waals surface area contributed by atoms with E-state index in [4.69, 9.17) is 0 Å². The van der Waals surface area contributed by atoms with Gasteiger partial charge in [0.1, 0.15) is 15.9 Å². The third-order valence-corrected chi connectivity index (χ3v) is 6.97. The Morgan fingerprint density at radius 3 is 2.59 bits per heavy atom. The van der Waals surface area contributed by atoms with Gasteiger partial charge in [0.2, 0.25) is 15.9 Å². The fourth-order valence-electron chi connectivity index (χ4n) is 3.42. The van der Waals surface area contributed by atoms with Crippen molar-refractivity contribution in [3.63, 3.8) is 0 Å². The molecule has 10 heteroatoms. The number of nitrogens with one attached hydrogen (secondary N) is 2. The van der Waals surface area contributed by atoms with Crippen molar-refractivity contribution in [2.24, 2.45) is 0 Å². The van der Waals surface area contributed by atoms with Crippen LogP contribution in [-0.4, -0.2) is 53.6 Å². The zero-order valence-electron chi connectivity index (χ0n) is 15.6. The molecule has 4 rings (SSSR count). The zero-order valence-corrected chi connectivity index (χ0v) is 17.2. The molecule has 2 heterocycles. The molecule has 1 aromatic heterocycles. The Balaban J connectivity index is 1.32. The Kier molecular flexibility index (Phi) is 5.86. The number of fused-ring (bicyclic) bond motifs is 1. The topological polar surface area (TPSA) is 104 Å². The first-order chi connectivity index (χ1) is 14.0. The number of hydrogen-bond acceptors (Lipinski definition) is 7. The lowest BCUT2D eigenvalue weighted by Crippen LogP contribution is -2.46. The van der Waals surface area contributed by atoms with Crippen molar-refractivity contribution in [1.29, 1.82) is 0 Å². The molecule has 0 aliphatic carbocycles. The van der Waals surface area contributed by atoms with Crippen molar-refractivity contribution < 1.29 is 13.2 Å². The maximum Gasteiger partial charge on any atom is 0.243 e. The van der Waals surface area contributed by atoms with E-state index in [0.29, 0.717) is 37.0 Å². The van der Waals surface area contributed by atoms with Crippen molar-refractivity contribution in [1.82, 2.24) is 18.4 Å². The van der Waals surface area contributed by atoms with Gasteiger partial charge in [-0.25, -0.2) is 13.1 Å². The number of aromatic nitrogens is 2. The van der Waals surface area contributed by atoms with Crippen LogP contribution in [0, 0.1) is 0 Å². The Labute approximate surface area is 173 Å². The molecule has 1 aliphatic heterocycles. The quantitative estimate of drug-likeness (QED) is 0.619. The van der Waals surface area contributed by atoms with E-state index >= 15 is 0 Å². The predicted molar refractivity (Wildman–Crippen MR) is 112 cm³/mol. The van der Waals surface area contributed by atoms with Crippen molar-refractivity contribution in [2.75, 3.05) is 25.0 Å². The molecule has 0 radical (unpaired) electrons. The molecule has 0 spiro atoms. The minimum Gasteiger partial charge on any atom is -0.325 e. The van der Waals surface area contributed by atoms with Crippen LogP contribution in [0.15, 0.2) is 53.4 Å². The van der Waals surface area contributed by atoms with Gasteiger partial charge in [-0.05, 0) is 37.1 Å². The molecule has 2 N–H and O–H groups in total. The molecular formula is C19H21N5O3S2. The second kappa shape index (κ2) is 8.54. The number of piperidine rings is 1. The van der Waals surface area contributed by atoms with Crippen LogP contribution < -0.4 is 10.0 Å². The van der Waals surface area contributed by atoms with Crippen LogP contribution in [-0.2, 0) is 14.8 Å². The number of rotatable bonds is 6. The average Bonchev–Trinajstić information content (AvgIpc) is 3.19. The molecule has 0 unspecified atom stereocenters. The van der Waals surface area contributed by atoms with Crippen LogP contribution >= 0.6 is 11.7 Å². The van der Waals surface area contributed by atoms with Crippen molar-refractivity contribution >= 4 is 44.4 Å². The first-order valence-electron chi connectivity index (χ1n) is 9.32. The van der Waals surface area contributed by atoms with Crippen LogP contribution in [0.4, 0.5) is 5.69 Å². The number of carbonyl (C=O) groups is 1. The number of hydrogen-bond donors (Lipinski definition) is 2. The summed E-state index contributed by atoms with van der Waals surface area (Å²) in [5, 5.41) is 2.87. The van der Waals surface area contributed by atoms with Crippen LogP contribution in [0.3, 0.4) is 0 Å². The minimum atomic E-state index is -3.68. The third-order valence-electron chi connectivity index (χ3n) is 4.87. The smallest absolute Gasteiger partial charge is 0.243 e. The van der Waals surface area contributed by atoms with E-state index in [1.54, 1.807) is 18.2 Å². The van der Waals surface area contributed by atoms with Gasteiger partial charge in [0.05, 0.1) is 18.3 Å². The Bertz CT molecular complexity index is 1090. The number of benzene rings is 2. The van der Waals surface area contributed by atoms with Gasteiger partial charge in [0, 0.05) is 24.8 Å². The Morgan fingerprint density at radius 1 is 1.07 bits per heavy atom. The molecular weight excluding hydrogens is 410 g/mol. The molecule has 3 aromatic rings. The molecule has 0 saturated carbocycles. The largest absolute Gasteiger partial charge is 0.325 e. The fourth-order valence-corrected chi connectivity index (χ4v) is 5.49. The second-order valence-electron chi connectivity index (χ2n) is 6.97. The van der Waals surface area contributed by atoms with Crippen LogP contribution in [0.1, 0.15) is 12.8 Å². The zero-order chi connectivity index (χ0) is 20.3. The van der Waals surface area contributed by atoms with E-state index < -0.39 is 10.0 Å². The predicted octanol–water partition coefficient (Wildman–Crippen LogP) is 2.07. The summed E-state index contributed by atoms with van der Waals surface area (Å²) in [4.78, 5) is 14.4. The summed E-state index contributed by atoms with van der Waals surface area (Å²) in [5.74, 6) is -0.0714. The molecule has 1 fully saturated rings. The lowest BCUT2D eigenvalue weighted by molar-refractivity contribution is -0.117. The van der Waals surface area contributed by atoms with Gasteiger partial charge in [-0.1, -0.05) is 24.3 Å². The van der Waals surface area contributed by atoms with Gasteiger partial charge in [-0.15, -0.1) is 0 Å². The van der Waals surface area contributed by atoms with E-state index in [2.05, 4.69) is 18.8 Å². The Hall–Kier alpha value is -2.40. The summed E-state index contributed by atoms with van der Waals surface area (Å²) >= 11 is 0.999. The maximum absolute atomic E-state index is 12.8. The van der Waals surface area contributed by atoms with Gasteiger partial charge >= 0.3 is 0 Å². The van der Waals surface area contributed by atoms with E-state index in [9.17, 15) is 13.2 Å². The highest BCUT2D eigenvalue weighted by Crippen LogP contribution is 2.22. The number of amides is 1. The highest BCUT2D eigenvalue weighted by atomic mass is 32.2. The number of nitrogens with zero attached hydrogens (tertiary/aromatic N) is 3. The van der Waals surface area contributed by atoms with Gasteiger partial charge in [0.15, 0.2) is 0 Å². The molecule has 29 heavy (non-hydrogen) atoms. The molecule has 2 aromatic carbocycles. The summed E-state index contributed by atoms with van der Waals surface area (Å²) in [6, 6.07) is 14.1. The summed E-state index contributed by atoms with van der Waals surface area (Å²) < 4.78 is 36.7. The standard InChI is InChI=1S/C19H21N5O3S2/c25-18(20-14-5-2-1-3-6-14)13-24-11-9-15(10-12-24)23-29(26,27)17-8-4-7-16-19(17)22-28-21-16/h1-8,15,23H,9-13H2,(H,20,25). The van der Waals surface area contributed by atoms with Crippen LogP contribution in [0.25, 0.3) is 11.0 Å². The molecule has 0 bridgehead atoms. The maximum atomic E-state index is 12.8. The summed E-state index contributed by atoms with van der Waals surface area (Å²) in [6.07, 6.45) is 1.28. The number of likely N-dealkylation sites (tertiary alicyclic amines) is 1. The van der Waals surface area contributed by atoms with E-state index in [0.717, 1.165) is 17.4 Å². The number of anilines is 1. The number of para-hydroxylation sites is 1. The van der Waals surface area contributed by atoms with Gasteiger partial charge in [0.25, 0.3) is 0 Å². The SMILES string of the molecule is O=C(CN1CCC(NS(=O)(=O)c2cccc3nsnc23)CC1)Nc1ccccc1. The summed E-state index contributed by atoms with van der Waals surface area (Å²) in [6.45, 7) is 1.59. The lowest BCUT2D eigenvalue weighted by Gasteiger charge is -2.31. The molecule has 1 saturated heterocycles. The first kappa shape index (κ1) is 19.9. The van der Waals surface area contributed by atoms with Gasteiger partial charge in [-0.2, -0.15) is 8.75 Å². The fraction of sp³-hybridized carbons (Fsp3) is 0.316. The van der Waals surface area contributed by atoms with E-state index in [-0.39, 0.29) is 23.4 Å². The molecule has 0 atom stereocenters. The highest BCUT2D eigenvalue weighted by molar-refractivity contribution is 7.89. The van der Waals surface area contributed by atoms with Crippen molar-refractivity contribution in [3.8, 4) is 0 Å². The molecule has 1 aliphatic rings. The third kappa shape index (κ3) is 4.78. The number of carbonyl (C=O) groups excluding carboxylic acids is 1. The lowest BCUT2D eigenvalue weighted by atomic mass is 10.1.